The van der Waals surface area contributed by atoms with Gasteiger partial charge in [-0.1, -0.05) is 19.1 Å². The van der Waals surface area contributed by atoms with Gasteiger partial charge in [0, 0.05) is 6.54 Å². The Hall–Kier alpha value is -2.24. The number of nitrogens with zero attached hydrogens (tertiary/aromatic N) is 1. The van der Waals surface area contributed by atoms with Crippen LogP contribution in [0.1, 0.15) is 24.8 Å². The third kappa shape index (κ3) is 2.53. The predicted molar refractivity (Wildman–Crippen MR) is 71.7 cm³/mol. The van der Waals surface area contributed by atoms with Crippen LogP contribution in [0, 0.1) is 17.7 Å². The summed E-state index contributed by atoms with van der Waals surface area (Å²) in [5.41, 5.74) is 0.263. The van der Waals surface area contributed by atoms with E-state index in [0.29, 0.717) is 18.4 Å². The van der Waals surface area contributed by atoms with Crippen LogP contribution in [-0.4, -0.2) is 29.3 Å². The molecule has 6 heteroatoms. The maximum atomic E-state index is 13.3. The number of hydrogen-bond donors (Lipinski definition) is 1. The molecule has 2 aliphatic rings. The van der Waals surface area contributed by atoms with Crippen molar-refractivity contribution in [2.45, 2.75) is 19.3 Å². The fourth-order valence-electron chi connectivity index (χ4n) is 2.65. The average molecular weight is 290 g/mol. The summed E-state index contributed by atoms with van der Waals surface area (Å²) in [5.74, 6) is -2.18. The van der Waals surface area contributed by atoms with E-state index in [1.54, 1.807) is 0 Å². The van der Waals surface area contributed by atoms with E-state index in [0.717, 1.165) is 17.4 Å². The molecule has 4 amide bonds. The third-order valence-electron chi connectivity index (χ3n) is 4.13. The Bertz CT molecular complexity index is 631. The van der Waals surface area contributed by atoms with Crippen LogP contribution in [0.3, 0.4) is 0 Å². The minimum atomic E-state index is -1.16. The molecule has 21 heavy (non-hydrogen) atoms. The molecule has 0 aromatic heterocycles. The molecular weight excluding hydrogens is 275 g/mol. The Morgan fingerprint density at radius 2 is 2.05 bits per heavy atom. The van der Waals surface area contributed by atoms with Gasteiger partial charge in [-0.15, -0.1) is 0 Å². The highest BCUT2D eigenvalue weighted by molar-refractivity contribution is 6.19. The van der Waals surface area contributed by atoms with Gasteiger partial charge >= 0.3 is 6.03 Å². The first-order valence-corrected chi connectivity index (χ1v) is 6.89. The highest BCUT2D eigenvalue weighted by atomic mass is 19.1. The monoisotopic (exact) mass is 290 g/mol. The molecule has 3 rings (SSSR count). The van der Waals surface area contributed by atoms with Gasteiger partial charge < -0.3 is 0 Å². The smallest absolute Gasteiger partial charge is 0.277 e. The van der Waals surface area contributed by atoms with Gasteiger partial charge in [-0.2, -0.15) is 0 Å². The molecule has 0 spiro atoms. The van der Waals surface area contributed by atoms with Crippen molar-refractivity contribution in [2.75, 3.05) is 6.54 Å². The number of nitrogens with one attached hydrogen (secondary N) is 1. The molecule has 3 unspecified atom stereocenters. The Balaban J connectivity index is 1.87. The molecule has 2 fully saturated rings. The van der Waals surface area contributed by atoms with Crippen molar-refractivity contribution in [3.05, 3.63) is 35.6 Å². The van der Waals surface area contributed by atoms with E-state index < -0.39 is 29.6 Å². The summed E-state index contributed by atoms with van der Waals surface area (Å²) in [4.78, 5) is 37.3. The molecule has 1 heterocycles. The van der Waals surface area contributed by atoms with Gasteiger partial charge in [-0.25, -0.2) is 9.18 Å². The van der Waals surface area contributed by atoms with Crippen LogP contribution < -0.4 is 5.32 Å². The van der Waals surface area contributed by atoms with E-state index >= 15 is 0 Å². The van der Waals surface area contributed by atoms with Crippen molar-refractivity contribution in [3.63, 3.8) is 0 Å². The second kappa shape index (κ2) is 4.95. The highest BCUT2D eigenvalue weighted by Crippen LogP contribution is 2.39. The lowest BCUT2D eigenvalue weighted by atomic mass is 9.95. The van der Waals surface area contributed by atoms with E-state index in [9.17, 15) is 18.8 Å². The lowest BCUT2D eigenvalue weighted by Crippen LogP contribution is -2.57. The van der Waals surface area contributed by atoms with Gasteiger partial charge in [0.2, 0.25) is 11.8 Å². The summed E-state index contributed by atoms with van der Waals surface area (Å²) < 4.78 is 13.3. The van der Waals surface area contributed by atoms with E-state index in [-0.39, 0.29) is 5.56 Å². The van der Waals surface area contributed by atoms with Gasteiger partial charge in [-0.05, 0) is 36.0 Å². The van der Waals surface area contributed by atoms with E-state index in [1.165, 1.54) is 18.2 Å². The Morgan fingerprint density at radius 1 is 1.33 bits per heavy atom. The number of amides is 4. The summed E-state index contributed by atoms with van der Waals surface area (Å²) in [6.07, 6.45) is 0.968. The number of halogens is 1. The van der Waals surface area contributed by atoms with Crippen molar-refractivity contribution in [3.8, 4) is 0 Å². The summed E-state index contributed by atoms with van der Waals surface area (Å²) in [5, 5.41) is 2.18. The molecule has 110 valence electrons. The van der Waals surface area contributed by atoms with Gasteiger partial charge in [0.25, 0.3) is 0 Å². The first-order chi connectivity index (χ1) is 9.97. The minimum Gasteiger partial charge on any atom is -0.277 e. The van der Waals surface area contributed by atoms with Gasteiger partial charge in [0.1, 0.15) is 11.7 Å². The Morgan fingerprint density at radius 3 is 2.67 bits per heavy atom. The number of benzene rings is 1. The van der Waals surface area contributed by atoms with Crippen LogP contribution in [0.4, 0.5) is 9.18 Å². The lowest BCUT2D eigenvalue weighted by molar-refractivity contribution is -0.138. The molecule has 1 aliphatic heterocycles. The van der Waals surface area contributed by atoms with Crippen LogP contribution in [0.25, 0.3) is 0 Å². The van der Waals surface area contributed by atoms with E-state index in [4.69, 9.17) is 0 Å². The minimum absolute atomic E-state index is 0.263. The van der Waals surface area contributed by atoms with E-state index in [2.05, 4.69) is 5.32 Å². The maximum absolute atomic E-state index is 13.3. The standard InChI is InChI=1S/C15H15FN2O3/c1-8-5-10(8)7-18-14(20)12(13(19)17-15(18)21)9-3-2-4-11(16)6-9/h2-4,6,8,10,12H,5,7H2,1H3,(H,17,19,21). The zero-order valence-corrected chi connectivity index (χ0v) is 11.5. The highest BCUT2D eigenvalue weighted by Gasteiger charge is 2.45. The Labute approximate surface area is 121 Å². The topological polar surface area (TPSA) is 66.5 Å². The van der Waals surface area contributed by atoms with Gasteiger partial charge in [-0.3, -0.25) is 19.8 Å². The molecule has 5 nitrogen and oxygen atoms in total. The first kappa shape index (κ1) is 13.7. The van der Waals surface area contributed by atoms with Gasteiger partial charge in [0.05, 0.1) is 0 Å². The van der Waals surface area contributed by atoms with E-state index in [1.807, 2.05) is 6.92 Å². The molecule has 1 saturated carbocycles. The van der Waals surface area contributed by atoms with Crippen molar-refractivity contribution < 1.29 is 18.8 Å². The number of hydrogen-bond acceptors (Lipinski definition) is 3. The summed E-state index contributed by atoms with van der Waals surface area (Å²) in [7, 11) is 0. The lowest BCUT2D eigenvalue weighted by Gasteiger charge is -2.30. The number of rotatable bonds is 3. The first-order valence-electron chi connectivity index (χ1n) is 6.89. The summed E-state index contributed by atoms with van der Waals surface area (Å²) in [6, 6.07) is 4.66. The number of imide groups is 2. The SMILES string of the molecule is CC1CC1CN1C(=O)NC(=O)C(c2cccc(F)c2)C1=O. The van der Waals surface area contributed by atoms with Crippen molar-refractivity contribution in [2.24, 2.45) is 11.8 Å². The normalized spacial score (nSPS) is 28.6. The molecule has 0 radical (unpaired) electrons. The zero-order valence-electron chi connectivity index (χ0n) is 11.5. The fraction of sp³-hybridized carbons (Fsp3) is 0.400. The van der Waals surface area contributed by atoms with Crippen LogP contribution in [0.2, 0.25) is 0 Å². The molecule has 1 aliphatic carbocycles. The molecule has 1 N–H and O–H groups in total. The average Bonchev–Trinajstić information content (AvgIpc) is 3.10. The van der Waals surface area contributed by atoms with Crippen LogP contribution in [-0.2, 0) is 9.59 Å². The molecule has 3 atom stereocenters. The second-order valence-electron chi connectivity index (χ2n) is 5.70. The van der Waals surface area contributed by atoms with Gasteiger partial charge in [0.15, 0.2) is 0 Å². The second-order valence-corrected chi connectivity index (χ2v) is 5.70. The molecule has 1 aromatic rings. The van der Waals surface area contributed by atoms with Crippen LogP contribution >= 0.6 is 0 Å². The summed E-state index contributed by atoms with van der Waals surface area (Å²) >= 11 is 0. The summed E-state index contributed by atoms with van der Waals surface area (Å²) in [6.45, 7) is 2.36. The van der Waals surface area contributed by atoms with Crippen molar-refractivity contribution in [1.29, 1.82) is 0 Å². The predicted octanol–water partition coefficient (Wildman–Crippen LogP) is 1.64. The number of barbiturate groups is 1. The van der Waals surface area contributed by atoms with Crippen LogP contribution in [0.15, 0.2) is 24.3 Å². The number of carbonyl (C=O) groups excluding carboxylic acids is 3. The zero-order chi connectivity index (χ0) is 15.1. The van der Waals surface area contributed by atoms with Crippen LogP contribution in [0.5, 0.6) is 0 Å². The van der Waals surface area contributed by atoms with Crippen molar-refractivity contribution in [1.82, 2.24) is 10.2 Å². The number of urea groups is 1. The molecule has 1 aromatic carbocycles. The Kier molecular flexibility index (Phi) is 3.23. The molecular formula is C15H15FN2O3. The molecule has 0 bridgehead atoms. The third-order valence-corrected chi connectivity index (χ3v) is 4.13. The quantitative estimate of drug-likeness (QED) is 0.861. The van der Waals surface area contributed by atoms with Crippen molar-refractivity contribution >= 4 is 17.8 Å². The largest absolute Gasteiger partial charge is 0.330 e. The number of carbonyl (C=O) groups is 3. The maximum Gasteiger partial charge on any atom is 0.330 e. The molecule has 1 saturated heterocycles. The fourth-order valence-corrected chi connectivity index (χ4v) is 2.65.